The number of esters is 1. The van der Waals surface area contributed by atoms with Crippen molar-refractivity contribution in [3.63, 3.8) is 0 Å². The van der Waals surface area contributed by atoms with Crippen molar-refractivity contribution in [2.24, 2.45) is 0 Å². The Labute approximate surface area is 80.0 Å². The van der Waals surface area contributed by atoms with Gasteiger partial charge in [0.15, 0.2) is 0 Å². The number of carbonyl (C=O) groups is 1. The molecule has 0 saturated carbocycles. The predicted octanol–water partition coefficient (Wildman–Crippen LogP) is 2.83. The molecule has 0 aromatic heterocycles. The normalized spacial score (nSPS) is 23.5. The van der Waals surface area contributed by atoms with Crippen molar-refractivity contribution < 1.29 is 9.53 Å². The average Bonchev–Trinajstić information content (AvgIpc) is 2.13. The molecule has 1 fully saturated rings. The van der Waals surface area contributed by atoms with Crippen LogP contribution in [-0.4, -0.2) is 12.1 Å². The van der Waals surface area contributed by atoms with Crippen LogP contribution in [0, 0.1) is 0 Å². The van der Waals surface area contributed by atoms with Crippen LogP contribution < -0.4 is 0 Å². The van der Waals surface area contributed by atoms with E-state index in [1.807, 2.05) is 0 Å². The van der Waals surface area contributed by atoms with Crippen LogP contribution >= 0.6 is 0 Å². The molecule has 0 spiro atoms. The molecule has 2 heteroatoms. The molecule has 0 bridgehead atoms. The number of hydrogen-bond donors (Lipinski definition) is 0. The number of cyclic esters (lactones) is 1. The second kappa shape index (κ2) is 5.79. The second-order valence-electron chi connectivity index (χ2n) is 3.46. The molecule has 1 aliphatic rings. The van der Waals surface area contributed by atoms with Gasteiger partial charge in [-0.2, -0.15) is 0 Å². The molecule has 1 unspecified atom stereocenters. The maximum absolute atomic E-state index is 10.9. The Morgan fingerprint density at radius 2 is 2.38 bits per heavy atom. The van der Waals surface area contributed by atoms with Gasteiger partial charge in [0.05, 0.1) is 0 Å². The maximum atomic E-state index is 10.9. The first-order chi connectivity index (χ1) is 6.33. The molecule has 2 nitrogen and oxygen atoms in total. The largest absolute Gasteiger partial charge is 0.462 e. The number of carbonyl (C=O) groups excluding carboxylic acids is 1. The summed E-state index contributed by atoms with van der Waals surface area (Å²) in [6.45, 7) is 2.12. The van der Waals surface area contributed by atoms with Crippen molar-refractivity contribution in [1.29, 1.82) is 0 Å². The van der Waals surface area contributed by atoms with E-state index in [0.717, 1.165) is 32.1 Å². The lowest BCUT2D eigenvalue weighted by Gasteiger charge is -2.21. The van der Waals surface area contributed by atoms with Crippen molar-refractivity contribution in [2.45, 2.75) is 51.6 Å². The van der Waals surface area contributed by atoms with Crippen LogP contribution in [0.3, 0.4) is 0 Å². The molecular formula is C11H18O2. The zero-order chi connectivity index (χ0) is 9.52. The predicted molar refractivity (Wildman–Crippen MR) is 52.4 cm³/mol. The fraction of sp³-hybridized carbons (Fsp3) is 0.727. The van der Waals surface area contributed by atoms with Crippen LogP contribution in [0.5, 0.6) is 0 Å². The standard InChI is InChI=1S/C11H18O2/c1-2-3-4-5-7-10-8-6-9-11(12)13-10/h3-4,10H,2,5-9H2,1H3/b4-3+. The topological polar surface area (TPSA) is 26.3 Å². The lowest BCUT2D eigenvalue weighted by Crippen LogP contribution is -2.23. The molecule has 13 heavy (non-hydrogen) atoms. The Morgan fingerprint density at radius 3 is 3.08 bits per heavy atom. The van der Waals surface area contributed by atoms with Gasteiger partial charge >= 0.3 is 5.97 Å². The van der Waals surface area contributed by atoms with Gasteiger partial charge in [-0.3, -0.25) is 4.79 Å². The first-order valence-electron chi connectivity index (χ1n) is 5.17. The van der Waals surface area contributed by atoms with E-state index in [9.17, 15) is 4.79 Å². The van der Waals surface area contributed by atoms with Crippen molar-refractivity contribution in [2.75, 3.05) is 0 Å². The molecule has 1 saturated heterocycles. The van der Waals surface area contributed by atoms with Crippen LogP contribution in [0.15, 0.2) is 12.2 Å². The van der Waals surface area contributed by atoms with Crippen molar-refractivity contribution in [3.8, 4) is 0 Å². The van der Waals surface area contributed by atoms with Crippen molar-refractivity contribution in [1.82, 2.24) is 0 Å². The highest BCUT2D eigenvalue weighted by molar-refractivity contribution is 5.70. The number of allylic oxidation sites excluding steroid dienone is 2. The van der Waals surface area contributed by atoms with Crippen molar-refractivity contribution >= 4 is 5.97 Å². The molecule has 0 radical (unpaired) electrons. The van der Waals surface area contributed by atoms with E-state index >= 15 is 0 Å². The first-order valence-corrected chi connectivity index (χ1v) is 5.17. The smallest absolute Gasteiger partial charge is 0.306 e. The third kappa shape index (κ3) is 4.11. The number of rotatable bonds is 4. The van der Waals surface area contributed by atoms with Gasteiger partial charge in [-0.1, -0.05) is 19.1 Å². The van der Waals surface area contributed by atoms with Crippen LogP contribution in [0.1, 0.15) is 45.4 Å². The van der Waals surface area contributed by atoms with Crippen LogP contribution in [0.2, 0.25) is 0 Å². The Morgan fingerprint density at radius 1 is 1.54 bits per heavy atom. The second-order valence-corrected chi connectivity index (χ2v) is 3.46. The molecule has 1 heterocycles. The maximum Gasteiger partial charge on any atom is 0.306 e. The molecule has 0 aromatic carbocycles. The summed E-state index contributed by atoms with van der Waals surface area (Å²) in [7, 11) is 0. The third-order valence-electron chi connectivity index (χ3n) is 2.26. The summed E-state index contributed by atoms with van der Waals surface area (Å²) < 4.78 is 5.19. The van der Waals surface area contributed by atoms with E-state index in [0.29, 0.717) is 6.42 Å². The minimum absolute atomic E-state index is 0.0179. The Bertz CT molecular complexity index is 185. The van der Waals surface area contributed by atoms with E-state index in [1.165, 1.54) is 0 Å². The quantitative estimate of drug-likeness (QED) is 0.493. The van der Waals surface area contributed by atoms with E-state index < -0.39 is 0 Å². The zero-order valence-electron chi connectivity index (χ0n) is 8.29. The summed E-state index contributed by atoms with van der Waals surface area (Å²) in [5.74, 6) is -0.0179. The minimum Gasteiger partial charge on any atom is -0.462 e. The third-order valence-corrected chi connectivity index (χ3v) is 2.26. The van der Waals surface area contributed by atoms with Gasteiger partial charge in [0.1, 0.15) is 6.10 Å². The summed E-state index contributed by atoms with van der Waals surface area (Å²) >= 11 is 0. The monoisotopic (exact) mass is 182 g/mol. The van der Waals surface area contributed by atoms with E-state index in [2.05, 4.69) is 19.1 Å². The average molecular weight is 182 g/mol. The molecule has 74 valence electrons. The van der Waals surface area contributed by atoms with Crippen LogP contribution in [-0.2, 0) is 9.53 Å². The molecular weight excluding hydrogens is 164 g/mol. The Kier molecular flexibility index (Phi) is 4.58. The van der Waals surface area contributed by atoms with Crippen LogP contribution in [0.4, 0.5) is 0 Å². The SMILES string of the molecule is CC/C=C/CCC1CCCC(=O)O1. The molecule has 1 rings (SSSR count). The lowest BCUT2D eigenvalue weighted by atomic mass is 10.0. The molecule has 0 aromatic rings. The number of ether oxygens (including phenoxy) is 1. The van der Waals surface area contributed by atoms with Gasteiger partial charge < -0.3 is 4.74 Å². The summed E-state index contributed by atoms with van der Waals surface area (Å²) in [6.07, 6.45) is 10.3. The van der Waals surface area contributed by atoms with Gasteiger partial charge in [0.25, 0.3) is 0 Å². The van der Waals surface area contributed by atoms with E-state index in [1.54, 1.807) is 0 Å². The summed E-state index contributed by atoms with van der Waals surface area (Å²) in [6, 6.07) is 0. The molecule has 1 aliphatic heterocycles. The highest BCUT2D eigenvalue weighted by Gasteiger charge is 2.18. The lowest BCUT2D eigenvalue weighted by molar-refractivity contribution is -0.153. The van der Waals surface area contributed by atoms with E-state index in [4.69, 9.17) is 4.74 Å². The number of hydrogen-bond acceptors (Lipinski definition) is 2. The molecule has 0 N–H and O–H groups in total. The highest BCUT2D eigenvalue weighted by atomic mass is 16.5. The van der Waals surface area contributed by atoms with Gasteiger partial charge in [-0.15, -0.1) is 0 Å². The molecule has 1 atom stereocenters. The fourth-order valence-electron chi connectivity index (χ4n) is 1.55. The fourth-order valence-corrected chi connectivity index (χ4v) is 1.55. The van der Waals surface area contributed by atoms with E-state index in [-0.39, 0.29) is 12.1 Å². The van der Waals surface area contributed by atoms with Crippen LogP contribution in [0.25, 0.3) is 0 Å². The summed E-state index contributed by atoms with van der Waals surface area (Å²) in [4.78, 5) is 10.9. The van der Waals surface area contributed by atoms with Gasteiger partial charge in [-0.25, -0.2) is 0 Å². The van der Waals surface area contributed by atoms with Gasteiger partial charge in [0.2, 0.25) is 0 Å². The van der Waals surface area contributed by atoms with Gasteiger partial charge in [-0.05, 0) is 32.1 Å². The Balaban J connectivity index is 2.13. The minimum atomic E-state index is -0.0179. The Hall–Kier alpha value is -0.790. The van der Waals surface area contributed by atoms with Crippen molar-refractivity contribution in [3.05, 3.63) is 12.2 Å². The zero-order valence-corrected chi connectivity index (χ0v) is 8.29. The van der Waals surface area contributed by atoms with Gasteiger partial charge in [0, 0.05) is 6.42 Å². The summed E-state index contributed by atoms with van der Waals surface area (Å²) in [5.41, 5.74) is 0. The highest BCUT2D eigenvalue weighted by Crippen LogP contribution is 2.18. The summed E-state index contributed by atoms with van der Waals surface area (Å²) in [5, 5.41) is 0. The molecule has 0 amide bonds. The molecule has 0 aliphatic carbocycles. The first kappa shape index (κ1) is 10.3.